The van der Waals surface area contributed by atoms with Gasteiger partial charge in [0.2, 0.25) is 5.91 Å². The second-order valence-corrected chi connectivity index (χ2v) is 26.6. The van der Waals surface area contributed by atoms with Crippen molar-refractivity contribution in [3.63, 3.8) is 0 Å². The van der Waals surface area contributed by atoms with E-state index in [9.17, 15) is 19.4 Å². The zero-order valence-electron chi connectivity index (χ0n) is 56.7. The number of phosphoric ester groups is 1. The van der Waals surface area contributed by atoms with E-state index in [2.05, 4.69) is 129 Å². The SMILES string of the molecule is CC/C=C\C/C=C\C/C=C\C/C=C\C/C=C\C/C=C\C/C=C\C/C=C\CCCCCCCCCCCCCCC(=O)NC(COP(=O)([O-])OCC[N+](C)(C)C)C(O)/C=C/CC/C=C/CCCCCCCCCCCCCCCCCCCCCCC. The maximum absolute atomic E-state index is 13.0. The number of phosphoric acid groups is 1. The lowest BCUT2D eigenvalue weighted by atomic mass is 10.0. The van der Waals surface area contributed by atoms with Crippen LogP contribution in [-0.4, -0.2) is 68.5 Å². The molecule has 2 N–H and O–H groups in total. The number of nitrogens with one attached hydrogen (secondary N) is 1. The van der Waals surface area contributed by atoms with Crippen molar-refractivity contribution in [1.29, 1.82) is 0 Å². The third kappa shape index (κ3) is 68.4. The van der Waals surface area contributed by atoms with Crippen molar-refractivity contribution in [3.8, 4) is 0 Å². The summed E-state index contributed by atoms with van der Waals surface area (Å²) in [5.74, 6) is -0.211. The van der Waals surface area contributed by atoms with E-state index in [0.717, 1.165) is 89.9 Å². The topological polar surface area (TPSA) is 108 Å². The summed E-state index contributed by atoms with van der Waals surface area (Å²) in [5, 5.41) is 13.9. The first-order valence-corrected chi connectivity index (χ1v) is 37.4. The number of carbonyl (C=O) groups is 1. The van der Waals surface area contributed by atoms with Crippen LogP contribution < -0.4 is 10.2 Å². The highest BCUT2D eigenvalue weighted by Crippen LogP contribution is 2.38. The van der Waals surface area contributed by atoms with E-state index < -0.39 is 26.6 Å². The Bertz CT molecular complexity index is 1820. The maximum atomic E-state index is 13.0. The summed E-state index contributed by atoms with van der Waals surface area (Å²) < 4.78 is 23.4. The van der Waals surface area contributed by atoms with Crippen LogP contribution in [0.15, 0.2) is 122 Å². The molecular weight excluding hydrogens is 1080 g/mol. The van der Waals surface area contributed by atoms with E-state index >= 15 is 0 Å². The zero-order chi connectivity index (χ0) is 62.6. The van der Waals surface area contributed by atoms with E-state index in [1.54, 1.807) is 6.08 Å². The van der Waals surface area contributed by atoms with Crippen LogP contribution in [0, 0.1) is 0 Å². The Balaban J connectivity index is 4.13. The lowest BCUT2D eigenvalue weighted by Gasteiger charge is -2.29. The zero-order valence-corrected chi connectivity index (χ0v) is 57.6. The van der Waals surface area contributed by atoms with Gasteiger partial charge in [0.25, 0.3) is 7.82 Å². The minimum atomic E-state index is -4.62. The first-order valence-electron chi connectivity index (χ1n) is 35.9. The molecule has 1 amide bonds. The highest BCUT2D eigenvalue weighted by molar-refractivity contribution is 7.45. The lowest BCUT2D eigenvalue weighted by molar-refractivity contribution is -0.870. The van der Waals surface area contributed by atoms with Crippen LogP contribution in [-0.2, 0) is 18.4 Å². The van der Waals surface area contributed by atoms with Gasteiger partial charge < -0.3 is 28.8 Å². The molecule has 86 heavy (non-hydrogen) atoms. The molecule has 3 unspecified atom stereocenters. The van der Waals surface area contributed by atoms with Gasteiger partial charge in [0.15, 0.2) is 0 Å². The number of quaternary nitrogens is 1. The number of allylic oxidation sites excluding steroid dienone is 19. The van der Waals surface area contributed by atoms with Crippen molar-refractivity contribution in [2.75, 3.05) is 40.9 Å². The Kier molecular flexibility index (Phi) is 63.9. The number of carbonyl (C=O) groups excluding carboxylic acids is 1. The van der Waals surface area contributed by atoms with Crippen LogP contribution in [0.1, 0.15) is 309 Å². The molecule has 0 rings (SSSR count). The van der Waals surface area contributed by atoms with Crippen LogP contribution >= 0.6 is 7.82 Å². The molecule has 0 aliphatic carbocycles. The molecule has 0 aromatic heterocycles. The predicted molar refractivity (Wildman–Crippen MR) is 375 cm³/mol. The summed E-state index contributed by atoms with van der Waals surface area (Å²) in [5.41, 5.74) is 0. The molecule has 9 heteroatoms. The maximum Gasteiger partial charge on any atom is 0.268 e. The average molecular weight is 1220 g/mol. The second-order valence-electron chi connectivity index (χ2n) is 25.2. The molecule has 8 nitrogen and oxygen atoms in total. The number of rotatable bonds is 65. The Morgan fingerprint density at radius 2 is 0.721 bits per heavy atom. The van der Waals surface area contributed by atoms with Gasteiger partial charge in [-0.15, -0.1) is 0 Å². The normalized spacial score (nSPS) is 14.4. The van der Waals surface area contributed by atoms with Gasteiger partial charge in [-0.3, -0.25) is 9.36 Å². The number of unbranched alkanes of at least 4 members (excludes halogenated alkanes) is 34. The van der Waals surface area contributed by atoms with Gasteiger partial charge >= 0.3 is 0 Å². The number of nitrogens with zero attached hydrogens (tertiary/aromatic N) is 1. The number of amides is 1. The fraction of sp³-hybridized carbons (Fsp3) is 0.727. The number of aliphatic hydroxyl groups is 1. The standard InChI is InChI=1S/C77H137N2O6P/c1-6-8-10-12-14-16-18-20-22-24-26-28-30-32-34-35-36-37-38-39-40-41-42-43-45-47-49-51-53-55-57-59-61-63-65-67-69-71-77(81)78-75(74-85-86(82,83)84-73-72-79(3,4)5)76(80)70-68-66-64-62-60-58-56-54-52-50-48-46-44-33-31-29-27-25-23-21-19-17-15-13-11-9-7-2/h8,10,14,16,20,22,26,28,32,34,36-37,39-40,42-43,60,62,68,70,75-76,80H,6-7,9,11-13,15,17-19,21,23-25,27,29-31,33,35,38,41,44-59,61,63-67,69,71-74H2,1-5H3,(H-,78,81,82,83)/b10-8-,16-14-,22-20-,28-26-,34-32-,37-36-,40-39-,43-42-,62-60+,70-68+. The van der Waals surface area contributed by atoms with Gasteiger partial charge in [-0.1, -0.05) is 328 Å². The van der Waals surface area contributed by atoms with Crippen molar-refractivity contribution >= 4 is 13.7 Å². The Morgan fingerprint density at radius 3 is 1.08 bits per heavy atom. The van der Waals surface area contributed by atoms with E-state index in [0.29, 0.717) is 17.4 Å². The third-order valence-corrected chi connectivity index (χ3v) is 16.6. The van der Waals surface area contributed by atoms with Crippen molar-refractivity contribution < 1.29 is 32.9 Å². The van der Waals surface area contributed by atoms with Gasteiger partial charge in [0.05, 0.1) is 39.9 Å². The highest BCUT2D eigenvalue weighted by Gasteiger charge is 2.23. The average Bonchev–Trinajstić information content (AvgIpc) is 3.70. The smallest absolute Gasteiger partial charge is 0.268 e. The molecule has 0 bridgehead atoms. The van der Waals surface area contributed by atoms with Gasteiger partial charge in [0, 0.05) is 6.42 Å². The van der Waals surface area contributed by atoms with Gasteiger partial charge in [-0.2, -0.15) is 0 Å². The number of aliphatic hydroxyl groups excluding tert-OH is 1. The molecule has 0 heterocycles. The molecule has 0 saturated heterocycles. The van der Waals surface area contributed by atoms with Crippen LogP contribution in [0.3, 0.4) is 0 Å². The van der Waals surface area contributed by atoms with Crippen molar-refractivity contribution in [2.24, 2.45) is 0 Å². The largest absolute Gasteiger partial charge is 0.756 e. The number of likely N-dealkylation sites (N-methyl/N-ethyl adjacent to an activating group) is 1. The van der Waals surface area contributed by atoms with E-state index in [1.807, 2.05) is 27.2 Å². The van der Waals surface area contributed by atoms with Gasteiger partial charge in [-0.05, 0) is 96.3 Å². The molecule has 496 valence electrons. The fourth-order valence-electron chi connectivity index (χ4n) is 10.1. The third-order valence-electron chi connectivity index (χ3n) is 15.7. The highest BCUT2D eigenvalue weighted by atomic mass is 31.2. The monoisotopic (exact) mass is 1220 g/mol. The first kappa shape index (κ1) is 82.9. The Hall–Kier alpha value is -3.10. The van der Waals surface area contributed by atoms with Crippen molar-refractivity contribution in [3.05, 3.63) is 122 Å². The summed E-state index contributed by atoms with van der Waals surface area (Å²) in [6.45, 7) is 4.54. The summed E-state index contributed by atoms with van der Waals surface area (Å²) >= 11 is 0. The van der Waals surface area contributed by atoms with Crippen molar-refractivity contribution in [2.45, 2.75) is 321 Å². The minimum Gasteiger partial charge on any atom is -0.756 e. The summed E-state index contributed by atoms with van der Waals surface area (Å²) in [6.07, 6.45) is 99.0. The van der Waals surface area contributed by atoms with E-state index in [4.69, 9.17) is 9.05 Å². The second kappa shape index (κ2) is 66.3. The van der Waals surface area contributed by atoms with Gasteiger partial charge in [0.1, 0.15) is 13.2 Å². The van der Waals surface area contributed by atoms with Crippen LogP contribution in [0.25, 0.3) is 0 Å². The fourth-order valence-corrected chi connectivity index (χ4v) is 10.9. The van der Waals surface area contributed by atoms with Crippen molar-refractivity contribution in [1.82, 2.24) is 5.32 Å². The molecule has 0 fully saturated rings. The molecule has 0 radical (unpaired) electrons. The Morgan fingerprint density at radius 1 is 0.419 bits per heavy atom. The number of hydrogen-bond donors (Lipinski definition) is 2. The first-order chi connectivity index (χ1) is 42.0. The molecule has 0 saturated carbocycles. The summed E-state index contributed by atoms with van der Waals surface area (Å²) in [6, 6.07) is -0.914. The minimum absolute atomic E-state index is 0.0112. The Labute approximate surface area is 533 Å². The molecule has 0 aliphatic rings. The predicted octanol–water partition coefficient (Wildman–Crippen LogP) is 22.6. The van der Waals surface area contributed by atoms with Crippen LogP contribution in [0.5, 0.6) is 0 Å². The molecule has 3 atom stereocenters. The molecule has 0 aromatic rings. The van der Waals surface area contributed by atoms with Crippen LogP contribution in [0.2, 0.25) is 0 Å². The molecule has 0 aliphatic heterocycles. The molecule has 0 spiro atoms. The lowest BCUT2D eigenvalue weighted by Crippen LogP contribution is -2.45. The van der Waals surface area contributed by atoms with E-state index in [-0.39, 0.29) is 12.5 Å². The molecule has 0 aromatic carbocycles. The summed E-state index contributed by atoms with van der Waals surface area (Å²) in [4.78, 5) is 25.6. The van der Waals surface area contributed by atoms with Crippen LogP contribution in [0.4, 0.5) is 0 Å². The summed E-state index contributed by atoms with van der Waals surface area (Å²) in [7, 11) is 1.24. The number of hydrogen-bond acceptors (Lipinski definition) is 6. The molecular formula is C77H137N2O6P. The van der Waals surface area contributed by atoms with Gasteiger partial charge in [-0.25, -0.2) is 0 Å². The van der Waals surface area contributed by atoms with E-state index in [1.165, 1.54) is 199 Å². The quantitative estimate of drug-likeness (QED) is 0.0272.